The average molecular weight is 176 g/mol. The molecule has 0 unspecified atom stereocenters. The summed E-state index contributed by atoms with van der Waals surface area (Å²) in [5, 5.41) is 8.65. The molecular weight excluding hydrogens is 170 g/mol. The monoisotopic (exact) mass is 176 g/mol. The van der Waals surface area contributed by atoms with Gasteiger partial charge in [0.15, 0.2) is 5.71 Å². The van der Waals surface area contributed by atoms with Crippen LogP contribution in [0.15, 0.2) is 35.3 Å². The van der Waals surface area contributed by atoms with E-state index in [1.54, 1.807) is 30.3 Å². The zero-order valence-electron chi connectivity index (χ0n) is 6.60. The second-order valence-corrected chi connectivity index (χ2v) is 2.22. The van der Waals surface area contributed by atoms with Gasteiger partial charge in [0.1, 0.15) is 0 Å². The van der Waals surface area contributed by atoms with E-state index >= 15 is 0 Å². The van der Waals surface area contributed by atoms with E-state index in [-0.39, 0.29) is 5.71 Å². The van der Waals surface area contributed by atoms with Crippen LogP contribution in [0.5, 0.6) is 0 Å². The van der Waals surface area contributed by atoms with E-state index in [2.05, 4.69) is 4.99 Å². The lowest BCUT2D eigenvalue weighted by Gasteiger charge is -1.97. The predicted octanol–water partition coefficient (Wildman–Crippen LogP) is 0.627. The van der Waals surface area contributed by atoms with Crippen LogP contribution in [0, 0.1) is 0 Å². The molecule has 0 fully saturated rings. The number of carbonyl (C=O) groups excluding carboxylic acids is 1. The van der Waals surface area contributed by atoms with Gasteiger partial charge in [-0.3, -0.25) is 4.79 Å². The number of nitrogens with zero attached hydrogens (tertiary/aromatic N) is 1. The first kappa shape index (κ1) is 9.12. The fourth-order valence-electron chi connectivity index (χ4n) is 0.878. The van der Waals surface area contributed by atoms with Crippen molar-refractivity contribution in [3.05, 3.63) is 35.9 Å². The summed E-state index contributed by atoms with van der Waals surface area (Å²) < 4.78 is 0. The highest BCUT2D eigenvalue weighted by atomic mass is 16.4. The van der Waals surface area contributed by atoms with Crippen molar-refractivity contribution in [3.8, 4) is 0 Å². The Bertz CT molecular complexity index is 343. The van der Waals surface area contributed by atoms with Crippen molar-refractivity contribution in [2.45, 2.75) is 0 Å². The highest BCUT2D eigenvalue weighted by Gasteiger charge is 2.10. The van der Waals surface area contributed by atoms with Crippen molar-refractivity contribution in [2.75, 3.05) is 0 Å². The molecule has 1 N–H and O–H groups in total. The lowest BCUT2D eigenvalue weighted by molar-refractivity contribution is -0.129. The van der Waals surface area contributed by atoms with E-state index in [0.29, 0.717) is 5.56 Å². The van der Waals surface area contributed by atoms with Crippen LogP contribution in [0.2, 0.25) is 0 Å². The van der Waals surface area contributed by atoms with Gasteiger partial charge < -0.3 is 5.11 Å². The SMILES string of the molecule is O=[C]/N=C(/C(=O)O)c1ccccc1. The molecule has 0 bridgehead atoms. The van der Waals surface area contributed by atoms with Crippen LogP contribution in [0.25, 0.3) is 0 Å². The topological polar surface area (TPSA) is 66.7 Å². The van der Waals surface area contributed by atoms with Crippen molar-refractivity contribution in [2.24, 2.45) is 4.99 Å². The van der Waals surface area contributed by atoms with Crippen LogP contribution in [0.4, 0.5) is 0 Å². The number of benzene rings is 1. The van der Waals surface area contributed by atoms with Crippen LogP contribution in [-0.2, 0) is 9.59 Å². The lowest BCUT2D eigenvalue weighted by atomic mass is 10.1. The second-order valence-electron chi connectivity index (χ2n) is 2.22. The number of hydrogen-bond donors (Lipinski definition) is 1. The highest BCUT2D eigenvalue weighted by Crippen LogP contribution is 2.00. The number of amides is 1. The number of aliphatic carboxylic acids is 1. The minimum absolute atomic E-state index is 0.296. The van der Waals surface area contributed by atoms with Gasteiger partial charge >= 0.3 is 12.4 Å². The lowest BCUT2D eigenvalue weighted by Crippen LogP contribution is -2.14. The third-order valence-corrected chi connectivity index (χ3v) is 1.41. The van der Waals surface area contributed by atoms with Crippen LogP contribution >= 0.6 is 0 Å². The summed E-state index contributed by atoms with van der Waals surface area (Å²) in [5.41, 5.74) is 0.0916. The smallest absolute Gasteiger partial charge is 0.355 e. The molecule has 0 aliphatic carbocycles. The third-order valence-electron chi connectivity index (χ3n) is 1.41. The Morgan fingerprint density at radius 2 is 1.92 bits per heavy atom. The van der Waals surface area contributed by atoms with E-state index in [9.17, 15) is 9.59 Å². The van der Waals surface area contributed by atoms with Crippen molar-refractivity contribution in [1.82, 2.24) is 0 Å². The summed E-state index contributed by atoms with van der Waals surface area (Å²) in [6.45, 7) is 0. The molecule has 1 aromatic carbocycles. The van der Waals surface area contributed by atoms with Crippen LogP contribution < -0.4 is 0 Å². The summed E-state index contributed by atoms with van der Waals surface area (Å²) in [6.07, 6.45) is 1.20. The standard InChI is InChI=1S/C9H6NO3/c11-6-10-8(9(12)13)7-4-2-1-3-5-7/h1-5H,(H,12,13)/b10-8+. The molecule has 0 atom stereocenters. The summed E-state index contributed by atoms with van der Waals surface area (Å²) in [5.74, 6) is -1.24. The van der Waals surface area contributed by atoms with Crippen molar-refractivity contribution >= 4 is 18.1 Å². The Balaban J connectivity index is 3.10. The minimum Gasteiger partial charge on any atom is -0.476 e. The molecule has 0 aliphatic heterocycles. The molecule has 0 saturated heterocycles. The van der Waals surface area contributed by atoms with Crippen LogP contribution in [0.1, 0.15) is 5.56 Å². The van der Waals surface area contributed by atoms with Gasteiger partial charge in [-0.05, 0) is 0 Å². The van der Waals surface area contributed by atoms with Crippen molar-refractivity contribution in [1.29, 1.82) is 0 Å². The van der Waals surface area contributed by atoms with Gasteiger partial charge in [-0.15, -0.1) is 0 Å². The number of carboxylic acids is 1. The Morgan fingerprint density at radius 3 is 2.38 bits per heavy atom. The van der Waals surface area contributed by atoms with Gasteiger partial charge in [-0.1, -0.05) is 30.3 Å². The van der Waals surface area contributed by atoms with E-state index < -0.39 is 5.97 Å². The molecule has 0 heterocycles. The minimum atomic E-state index is -1.24. The van der Waals surface area contributed by atoms with Gasteiger partial charge in [0, 0.05) is 5.56 Å². The van der Waals surface area contributed by atoms with E-state index in [1.165, 1.54) is 6.41 Å². The van der Waals surface area contributed by atoms with Gasteiger partial charge in [-0.25, -0.2) is 4.79 Å². The number of carbonyl (C=O) groups is 1. The Morgan fingerprint density at radius 1 is 1.31 bits per heavy atom. The fraction of sp³-hybridized carbons (Fsp3) is 0. The average Bonchev–Trinajstić information content (AvgIpc) is 2.15. The molecule has 13 heavy (non-hydrogen) atoms. The number of rotatable bonds is 3. The zero-order chi connectivity index (χ0) is 9.68. The zero-order valence-corrected chi connectivity index (χ0v) is 6.60. The summed E-state index contributed by atoms with van der Waals surface area (Å²) in [7, 11) is 0. The Hall–Kier alpha value is -1.97. The Labute approximate surface area is 74.5 Å². The van der Waals surface area contributed by atoms with Gasteiger partial charge in [0.2, 0.25) is 0 Å². The van der Waals surface area contributed by atoms with E-state index in [1.807, 2.05) is 0 Å². The molecule has 1 rings (SSSR count). The first-order valence-corrected chi connectivity index (χ1v) is 3.49. The maximum Gasteiger partial charge on any atom is 0.355 e. The van der Waals surface area contributed by atoms with Gasteiger partial charge in [0.05, 0.1) is 0 Å². The summed E-state index contributed by atoms with van der Waals surface area (Å²) in [4.78, 5) is 23.6. The fourth-order valence-corrected chi connectivity index (χ4v) is 0.878. The van der Waals surface area contributed by atoms with Gasteiger partial charge in [-0.2, -0.15) is 4.99 Å². The Kier molecular flexibility index (Phi) is 2.92. The van der Waals surface area contributed by atoms with Crippen LogP contribution in [-0.4, -0.2) is 23.2 Å². The molecule has 1 aromatic rings. The third kappa shape index (κ3) is 2.23. The molecule has 4 nitrogen and oxygen atoms in total. The van der Waals surface area contributed by atoms with Gasteiger partial charge in [0.25, 0.3) is 0 Å². The number of aliphatic imine (C=N–C) groups is 1. The molecule has 0 aromatic heterocycles. The first-order valence-electron chi connectivity index (χ1n) is 3.49. The van der Waals surface area contributed by atoms with Crippen LogP contribution in [0.3, 0.4) is 0 Å². The molecule has 65 valence electrons. The summed E-state index contributed by atoms with van der Waals surface area (Å²) in [6, 6.07) is 8.19. The maximum atomic E-state index is 10.6. The second kappa shape index (κ2) is 4.15. The number of carboxylic acid groups (broad SMARTS) is 1. The first-order chi connectivity index (χ1) is 6.25. The summed E-state index contributed by atoms with van der Waals surface area (Å²) >= 11 is 0. The van der Waals surface area contributed by atoms with E-state index in [0.717, 1.165) is 0 Å². The molecule has 0 saturated carbocycles. The maximum absolute atomic E-state index is 10.6. The molecule has 4 heteroatoms. The number of hydrogen-bond acceptors (Lipinski definition) is 2. The molecule has 1 radical (unpaired) electrons. The van der Waals surface area contributed by atoms with Crippen molar-refractivity contribution in [3.63, 3.8) is 0 Å². The molecule has 0 spiro atoms. The highest BCUT2D eigenvalue weighted by molar-refractivity contribution is 6.43. The predicted molar refractivity (Wildman–Crippen MR) is 46.3 cm³/mol. The van der Waals surface area contributed by atoms with E-state index in [4.69, 9.17) is 5.11 Å². The normalized spacial score (nSPS) is 10.9. The quantitative estimate of drug-likeness (QED) is 0.686. The molecular formula is C9H6NO3. The molecule has 1 amide bonds. The largest absolute Gasteiger partial charge is 0.476 e. The van der Waals surface area contributed by atoms with Crippen molar-refractivity contribution < 1.29 is 14.7 Å². The molecule has 0 aliphatic rings.